The van der Waals surface area contributed by atoms with Crippen LogP contribution in [0.25, 0.3) is 0 Å². The van der Waals surface area contributed by atoms with Gasteiger partial charge in [0, 0.05) is 0 Å². The Bertz CT molecular complexity index is 903. The normalized spacial score (nSPS) is 14.0. The Kier molecular flexibility index (Phi) is 3.96. The zero-order chi connectivity index (χ0) is 17.5. The fraction of sp³-hybridized carbons (Fsp3) is 0.235. The molecule has 0 spiro atoms. The van der Waals surface area contributed by atoms with Crippen molar-refractivity contribution < 1.29 is 23.1 Å². The highest BCUT2D eigenvalue weighted by molar-refractivity contribution is 7.92. The van der Waals surface area contributed by atoms with Gasteiger partial charge in [-0.15, -0.1) is 0 Å². The number of benzene rings is 2. The van der Waals surface area contributed by atoms with Crippen molar-refractivity contribution >= 4 is 21.7 Å². The molecule has 1 aliphatic heterocycles. The maximum absolute atomic E-state index is 13.0. The van der Waals surface area contributed by atoms with Crippen LogP contribution in [0.2, 0.25) is 0 Å². The van der Waals surface area contributed by atoms with Crippen molar-refractivity contribution in [2.45, 2.75) is 18.7 Å². The molecule has 0 unspecified atom stereocenters. The van der Waals surface area contributed by atoms with Gasteiger partial charge >= 0.3 is 5.97 Å². The molecule has 1 heterocycles. The van der Waals surface area contributed by atoms with E-state index in [0.29, 0.717) is 11.4 Å². The third-order valence-corrected chi connectivity index (χ3v) is 5.71. The van der Waals surface area contributed by atoms with Gasteiger partial charge in [-0.2, -0.15) is 0 Å². The predicted octanol–water partition coefficient (Wildman–Crippen LogP) is 2.59. The summed E-state index contributed by atoms with van der Waals surface area (Å²) in [7, 11) is -3.79. The molecule has 0 saturated heterocycles. The van der Waals surface area contributed by atoms with E-state index in [0.717, 1.165) is 11.1 Å². The number of nitrogens with zero attached hydrogens (tertiary/aromatic N) is 1. The van der Waals surface area contributed by atoms with Gasteiger partial charge in [-0.1, -0.05) is 6.07 Å². The van der Waals surface area contributed by atoms with Gasteiger partial charge in [0.25, 0.3) is 10.0 Å². The molecule has 7 heteroatoms. The predicted molar refractivity (Wildman–Crippen MR) is 89.3 cm³/mol. The molecule has 0 aliphatic carbocycles. The number of hydrogen-bond donors (Lipinski definition) is 1. The minimum atomic E-state index is -3.79. The standard InChI is InChI=1S/C17H17NO5S/c1-11-9-12(2)16-15(10-11)23-8-7-18(16)24(21,22)14-5-3-13(4-6-14)17(19)20/h3-6,9-10H,7-8H2,1-2H3,(H,19,20). The fourth-order valence-corrected chi connectivity index (χ4v) is 4.36. The van der Waals surface area contributed by atoms with Crippen LogP contribution in [0.4, 0.5) is 5.69 Å². The minimum absolute atomic E-state index is 0.0446. The number of aryl methyl sites for hydroxylation is 2. The van der Waals surface area contributed by atoms with Gasteiger partial charge in [0.1, 0.15) is 12.4 Å². The monoisotopic (exact) mass is 347 g/mol. The number of aromatic carboxylic acids is 1. The van der Waals surface area contributed by atoms with E-state index in [4.69, 9.17) is 9.84 Å². The lowest BCUT2D eigenvalue weighted by atomic mass is 10.1. The Balaban J connectivity index is 2.08. The molecule has 0 bridgehead atoms. The Morgan fingerprint density at radius 3 is 2.46 bits per heavy atom. The van der Waals surface area contributed by atoms with E-state index in [1.807, 2.05) is 26.0 Å². The van der Waals surface area contributed by atoms with Gasteiger partial charge in [0.15, 0.2) is 0 Å². The van der Waals surface area contributed by atoms with Crippen LogP contribution < -0.4 is 9.04 Å². The second-order valence-corrected chi connectivity index (χ2v) is 7.55. The first-order valence-electron chi connectivity index (χ1n) is 7.41. The number of hydrogen-bond acceptors (Lipinski definition) is 4. The number of carboxylic acids is 1. The molecule has 1 aliphatic rings. The minimum Gasteiger partial charge on any atom is -0.489 e. The second kappa shape index (κ2) is 5.83. The smallest absolute Gasteiger partial charge is 0.335 e. The Morgan fingerprint density at radius 2 is 1.83 bits per heavy atom. The van der Waals surface area contributed by atoms with Gasteiger partial charge in [0.2, 0.25) is 0 Å². The number of rotatable bonds is 3. The van der Waals surface area contributed by atoms with Crippen molar-refractivity contribution in [3.63, 3.8) is 0 Å². The molecule has 0 aromatic heterocycles. The van der Waals surface area contributed by atoms with Crippen molar-refractivity contribution in [3.05, 3.63) is 53.1 Å². The van der Waals surface area contributed by atoms with Crippen LogP contribution in [-0.4, -0.2) is 32.6 Å². The summed E-state index contributed by atoms with van der Waals surface area (Å²) in [5, 5.41) is 8.94. The SMILES string of the molecule is Cc1cc(C)c2c(c1)OCCN2S(=O)(=O)c1ccc(C(=O)O)cc1. The summed E-state index contributed by atoms with van der Waals surface area (Å²) in [6.07, 6.45) is 0. The van der Waals surface area contributed by atoms with E-state index in [1.54, 1.807) is 0 Å². The first-order valence-corrected chi connectivity index (χ1v) is 8.85. The molecule has 0 fully saturated rings. The van der Waals surface area contributed by atoms with Crippen LogP contribution in [0, 0.1) is 13.8 Å². The lowest BCUT2D eigenvalue weighted by Gasteiger charge is -2.32. The fourth-order valence-electron chi connectivity index (χ4n) is 2.84. The van der Waals surface area contributed by atoms with Gasteiger partial charge in [0.05, 0.1) is 22.7 Å². The zero-order valence-electron chi connectivity index (χ0n) is 13.3. The molecular weight excluding hydrogens is 330 g/mol. The molecule has 1 N–H and O–H groups in total. The highest BCUT2D eigenvalue weighted by Crippen LogP contribution is 2.38. The van der Waals surface area contributed by atoms with Crippen LogP contribution in [0.1, 0.15) is 21.5 Å². The Labute approximate surface area is 140 Å². The average Bonchev–Trinajstić information content (AvgIpc) is 2.54. The number of sulfonamides is 1. The molecule has 126 valence electrons. The maximum Gasteiger partial charge on any atom is 0.335 e. The number of carboxylic acid groups (broad SMARTS) is 1. The molecule has 0 amide bonds. The van der Waals surface area contributed by atoms with E-state index in [-0.39, 0.29) is 23.6 Å². The molecule has 2 aromatic rings. The summed E-state index contributed by atoms with van der Waals surface area (Å²) in [5.74, 6) is -0.550. The number of anilines is 1. The Morgan fingerprint density at radius 1 is 1.17 bits per heavy atom. The molecular formula is C17H17NO5S. The van der Waals surface area contributed by atoms with Gasteiger partial charge in [-0.3, -0.25) is 4.31 Å². The third kappa shape index (κ3) is 2.71. The van der Waals surface area contributed by atoms with E-state index in [1.165, 1.54) is 28.6 Å². The molecule has 24 heavy (non-hydrogen) atoms. The van der Waals surface area contributed by atoms with Crippen LogP contribution in [0.5, 0.6) is 5.75 Å². The van der Waals surface area contributed by atoms with E-state index in [9.17, 15) is 13.2 Å². The average molecular weight is 347 g/mol. The summed E-state index contributed by atoms with van der Waals surface area (Å²) in [5.41, 5.74) is 2.39. The highest BCUT2D eigenvalue weighted by atomic mass is 32.2. The third-order valence-electron chi connectivity index (χ3n) is 3.90. The first-order chi connectivity index (χ1) is 11.3. The number of ether oxygens (including phenoxy) is 1. The summed E-state index contributed by atoms with van der Waals surface area (Å²) in [6.45, 7) is 4.24. The summed E-state index contributed by atoms with van der Waals surface area (Å²) in [6, 6.07) is 8.94. The van der Waals surface area contributed by atoms with Gasteiger partial charge in [-0.05, 0) is 55.3 Å². The summed E-state index contributed by atoms with van der Waals surface area (Å²) >= 11 is 0. The maximum atomic E-state index is 13.0. The molecule has 6 nitrogen and oxygen atoms in total. The quantitative estimate of drug-likeness (QED) is 0.922. The summed E-state index contributed by atoms with van der Waals surface area (Å²) in [4.78, 5) is 11.0. The van der Waals surface area contributed by atoms with Crippen LogP contribution >= 0.6 is 0 Å². The van der Waals surface area contributed by atoms with Crippen LogP contribution in [-0.2, 0) is 10.0 Å². The van der Waals surface area contributed by atoms with Crippen molar-refractivity contribution in [1.82, 2.24) is 0 Å². The van der Waals surface area contributed by atoms with Crippen molar-refractivity contribution in [1.29, 1.82) is 0 Å². The van der Waals surface area contributed by atoms with E-state index < -0.39 is 16.0 Å². The van der Waals surface area contributed by atoms with Crippen molar-refractivity contribution in [2.75, 3.05) is 17.5 Å². The molecule has 3 rings (SSSR count). The second-order valence-electron chi connectivity index (χ2n) is 5.68. The van der Waals surface area contributed by atoms with E-state index in [2.05, 4.69) is 0 Å². The van der Waals surface area contributed by atoms with Crippen molar-refractivity contribution in [2.24, 2.45) is 0 Å². The molecule has 0 atom stereocenters. The van der Waals surface area contributed by atoms with Gasteiger partial charge in [-0.25, -0.2) is 13.2 Å². The van der Waals surface area contributed by atoms with Crippen molar-refractivity contribution in [3.8, 4) is 5.75 Å². The highest BCUT2D eigenvalue weighted by Gasteiger charge is 2.31. The molecule has 2 aromatic carbocycles. The molecule has 0 saturated carbocycles. The number of fused-ring (bicyclic) bond motifs is 1. The van der Waals surface area contributed by atoms with Crippen LogP contribution in [0.15, 0.2) is 41.3 Å². The topological polar surface area (TPSA) is 83.9 Å². The number of carbonyl (C=O) groups is 1. The van der Waals surface area contributed by atoms with E-state index >= 15 is 0 Å². The largest absolute Gasteiger partial charge is 0.489 e. The lowest BCUT2D eigenvalue weighted by Crippen LogP contribution is -2.38. The zero-order valence-corrected chi connectivity index (χ0v) is 14.1. The molecule has 0 radical (unpaired) electrons. The lowest BCUT2D eigenvalue weighted by molar-refractivity contribution is 0.0696. The first kappa shape index (κ1) is 16.3. The Hall–Kier alpha value is -2.54. The van der Waals surface area contributed by atoms with Crippen LogP contribution in [0.3, 0.4) is 0 Å². The summed E-state index contributed by atoms with van der Waals surface area (Å²) < 4.78 is 32.9. The van der Waals surface area contributed by atoms with Gasteiger partial charge < -0.3 is 9.84 Å².